The van der Waals surface area contributed by atoms with Crippen LogP contribution in [0.4, 0.5) is 9.59 Å². The molecule has 1 aromatic carbocycles. The van der Waals surface area contributed by atoms with Gasteiger partial charge in [0.1, 0.15) is 10.1 Å². The van der Waals surface area contributed by atoms with E-state index in [0.29, 0.717) is 10.5 Å². The van der Waals surface area contributed by atoms with Crippen molar-refractivity contribution in [1.29, 1.82) is 0 Å². The Hall–Kier alpha value is -1.30. The first-order valence-electron chi connectivity index (χ1n) is 7.53. The van der Waals surface area contributed by atoms with Crippen molar-refractivity contribution in [2.24, 2.45) is 0 Å². The number of ether oxygens (including phenoxy) is 1. The van der Waals surface area contributed by atoms with E-state index >= 15 is 0 Å². The SMILES string of the molecule is CCOC(=O)N(Cc1ccccc1)N1C=C(Cl)C(S(=O)(=O)[O-])N(C)C1=O.[Na+]. The second-order valence-electron chi connectivity index (χ2n) is 5.34. The maximum Gasteiger partial charge on any atom is 1.00 e. The molecule has 9 nitrogen and oxygen atoms in total. The number of hydrogen-bond donors (Lipinski definition) is 0. The maximum atomic E-state index is 12.6. The predicted molar refractivity (Wildman–Crippen MR) is 91.4 cm³/mol. The van der Waals surface area contributed by atoms with Gasteiger partial charge in [-0.1, -0.05) is 41.9 Å². The molecule has 0 radical (unpaired) electrons. The zero-order valence-electron chi connectivity index (χ0n) is 15.0. The van der Waals surface area contributed by atoms with Gasteiger partial charge >= 0.3 is 41.7 Å². The molecule has 1 aliphatic heterocycles. The molecule has 1 heterocycles. The summed E-state index contributed by atoms with van der Waals surface area (Å²) in [6.45, 7) is 1.64. The fraction of sp³-hybridized carbons (Fsp3) is 0.333. The first kappa shape index (κ1) is 23.7. The molecule has 27 heavy (non-hydrogen) atoms. The molecule has 0 fully saturated rings. The summed E-state index contributed by atoms with van der Waals surface area (Å²) in [5.74, 6) is 0. The van der Waals surface area contributed by atoms with Gasteiger partial charge in [0.15, 0.2) is 5.37 Å². The molecule has 0 aliphatic carbocycles. The van der Waals surface area contributed by atoms with Crippen LogP contribution in [0.5, 0.6) is 0 Å². The van der Waals surface area contributed by atoms with Gasteiger partial charge in [0, 0.05) is 13.2 Å². The number of rotatable bonds is 5. The molecule has 0 N–H and O–H groups in total. The van der Waals surface area contributed by atoms with Crippen molar-refractivity contribution in [3.63, 3.8) is 0 Å². The van der Waals surface area contributed by atoms with Crippen molar-refractivity contribution in [1.82, 2.24) is 14.9 Å². The molecule has 1 atom stereocenters. The predicted octanol–water partition coefficient (Wildman–Crippen LogP) is -1.12. The van der Waals surface area contributed by atoms with Crippen LogP contribution < -0.4 is 29.6 Å². The van der Waals surface area contributed by atoms with E-state index in [1.807, 2.05) is 0 Å². The average Bonchev–Trinajstić information content (AvgIpc) is 2.56. The van der Waals surface area contributed by atoms with Crippen molar-refractivity contribution in [2.45, 2.75) is 18.8 Å². The van der Waals surface area contributed by atoms with Crippen molar-refractivity contribution >= 4 is 33.8 Å². The summed E-state index contributed by atoms with van der Waals surface area (Å²) >= 11 is 5.92. The van der Waals surface area contributed by atoms with E-state index in [2.05, 4.69) is 0 Å². The molecule has 0 bridgehead atoms. The standard InChI is InChI=1S/C15H18ClN3O6S.Na/c1-3-25-15(21)19(9-11-7-5-4-6-8-11)18-10-12(16)13(26(22,23)24)17(2)14(18)20;/h4-8,10,13H,3,9H2,1-2H3,(H,22,23,24);/q;+1/p-1. The third-order valence-electron chi connectivity index (χ3n) is 3.52. The van der Waals surface area contributed by atoms with Gasteiger partial charge in [-0.05, 0) is 12.5 Å². The number of carbonyl (C=O) groups excluding carboxylic acids is 2. The van der Waals surface area contributed by atoms with Gasteiger partial charge in [0.25, 0.3) is 0 Å². The van der Waals surface area contributed by atoms with Gasteiger partial charge in [-0.3, -0.25) is 0 Å². The monoisotopic (exact) mass is 425 g/mol. The summed E-state index contributed by atoms with van der Waals surface area (Å²) in [5.41, 5.74) is 0.694. The number of amides is 3. The van der Waals surface area contributed by atoms with Crippen LogP contribution in [-0.2, 0) is 21.4 Å². The largest absolute Gasteiger partial charge is 1.00 e. The summed E-state index contributed by atoms with van der Waals surface area (Å²) in [5, 5.41) is -0.471. The summed E-state index contributed by atoms with van der Waals surface area (Å²) in [6, 6.07) is 7.86. The average molecular weight is 426 g/mol. The van der Waals surface area contributed by atoms with Crippen molar-refractivity contribution in [2.75, 3.05) is 13.7 Å². The van der Waals surface area contributed by atoms with E-state index in [9.17, 15) is 22.6 Å². The first-order valence-corrected chi connectivity index (χ1v) is 9.37. The van der Waals surface area contributed by atoms with E-state index in [1.165, 1.54) is 0 Å². The van der Waals surface area contributed by atoms with E-state index in [-0.39, 0.29) is 42.7 Å². The normalized spacial score (nSPS) is 17.1. The van der Waals surface area contributed by atoms with E-state index in [1.54, 1.807) is 37.3 Å². The van der Waals surface area contributed by atoms with Crippen LogP contribution in [0.25, 0.3) is 0 Å². The summed E-state index contributed by atoms with van der Waals surface area (Å²) in [4.78, 5) is 25.5. The summed E-state index contributed by atoms with van der Waals surface area (Å²) < 4.78 is 39.0. The van der Waals surface area contributed by atoms with E-state index < -0.39 is 32.6 Å². The quantitative estimate of drug-likeness (QED) is 0.436. The molecule has 3 amide bonds. The fourth-order valence-electron chi connectivity index (χ4n) is 2.37. The second-order valence-corrected chi connectivity index (χ2v) is 7.21. The van der Waals surface area contributed by atoms with E-state index in [0.717, 1.165) is 23.3 Å². The van der Waals surface area contributed by atoms with Crippen LogP contribution in [0, 0.1) is 0 Å². The molecule has 142 valence electrons. The van der Waals surface area contributed by atoms with Crippen molar-refractivity contribution in [3.8, 4) is 0 Å². The maximum absolute atomic E-state index is 12.6. The number of urea groups is 1. The molecule has 2 rings (SSSR count). The summed E-state index contributed by atoms with van der Waals surface area (Å²) in [7, 11) is -3.79. The van der Waals surface area contributed by atoms with Gasteiger partial charge in [0.2, 0.25) is 0 Å². The summed E-state index contributed by atoms with van der Waals surface area (Å²) in [6.07, 6.45) is 0.103. The van der Waals surface area contributed by atoms with Crippen LogP contribution in [0.15, 0.2) is 41.6 Å². The van der Waals surface area contributed by atoms with E-state index in [4.69, 9.17) is 16.3 Å². The Balaban J connectivity index is 0.00000364. The molecule has 0 spiro atoms. The second kappa shape index (κ2) is 9.76. The Morgan fingerprint density at radius 3 is 2.44 bits per heavy atom. The first-order chi connectivity index (χ1) is 12.2. The number of nitrogens with zero attached hydrogens (tertiary/aromatic N) is 3. The van der Waals surface area contributed by atoms with Gasteiger partial charge < -0.3 is 14.2 Å². The van der Waals surface area contributed by atoms with Crippen LogP contribution in [-0.4, -0.2) is 59.0 Å². The third kappa shape index (κ3) is 5.59. The Kier molecular flexibility index (Phi) is 8.58. The zero-order valence-corrected chi connectivity index (χ0v) is 18.6. The minimum Gasteiger partial charge on any atom is -0.746 e. The number of carbonyl (C=O) groups is 2. The van der Waals surface area contributed by atoms with Crippen LogP contribution in [0.1, 0.15) is 12.5 Å². The molecule has 0 saturated carbocycles. The van der Waals surface area contributed by atoms with Gasteiger partial charge in [-0.2, -0.15) is 0 Å². The number of benzene rings is 1. The number of hydrogen-bond acceptors (Lipinski definition) is 6. The van der Waals surface area contributed by atoms with Crippen LogP contribution in [0.3, 0.4) is 0 Å². The Labute approximate surface area is 184 Å². The molecule has 1 aromatic rings. The zero-order chi connectivity index (χ0) is 19.5. The van der Waals surface area contributed by atoms with Crippen LogP contribution in [0.2, 0.25) is 0 Å². The van der Waals surface area contributed by atoms with Gasteiger partial charge in [-0.25, -0.2) is 28.0 Å². The Morgan fingerprint density at radius 2 is 1.93 bits per heavy atom. The topological polar surface area (TPSA) is 110 Å². The molecule has 12 heteroatoms. The minimum absolute atomic E-state index is 0. The molecule has 1 aliphatic rings. The van der Waals surface area contributed by atoms with Gasteiger partial charge in [0.05, 0.1) is 18.2 Å². The van der Waals surface area contributed by atoms with Crippen molar-refractivity contribution in [3.05, 3.63) is 47.1 Å². The Morgan fingerprint density at radius 1 is 1.33 bits per heavy atom. The van der Waals surface area contributed by atoms with Gasteiger partial charge in [-0.15, -0.1) is 0 Å². The number of hydrazine groups is 1. The molecular weight excluding hydrogens is 409 g/mol. The Bertz CT molecular complexity index is 820. The number of likely N-dealkylation sites (N-methyl/N-ethyl adjacent to an activating group) is 1. The van der Waals surface area contributed by atoms with Crippen molar-refractivity contribution < 1.29 is 56.9 Å². The smallest absolute Gasteiger partial charge is 0.746 e. The molecule has 0 saturated heterocycles. The number of halogens is 1. The molecule has 0 aromatic heterocycles. The van der Waals surface area contributed by atoms with Crippen LogP contribution >= 0.6 is 11.6 Å². The third-order valence-corrected chi connectivity index (χ3v) is 5.07. The fourth-order valence-corrected chi connectivity index (χ4v) is 3.75. The minimum atomic E-state index is -4.90. The molecule has 1 unspecified atom stereocenters. The molecular formula is C15H17ClN3NaO6S.